The van der Waals surface area contributed by atoms with Gasteiger partial charge in [-0.2, -0.15) is 0 Å². The first-order valence-corrected chi connectivity index (χ1v) is 6.56. The number of aromatic nitrogens is 1. The standard InChI is InChI=1S/C15H18N2O2/c1-18-13-7-11-5-6-16-15(17-9-10-3-4-10)12(11)8-14(13)19-2/h5-8,10H,3-4,9H2,1-2H3,(H,16,17). The van der Waals surface area contributed by atoms with Crippen LogP contribution in [0.2, 0.25) is 0 Å². The summed E-state index contributed by atoms with van der Waals surface area (Å²) < 4.78 is 10.7. The molecule has 1 aliphatic rings. The topological polar surface area (TPSA) is 43.4 Å². The summed E-state index contributed by atoms with van der Waals surface area (Å²) in [5.41, 5.74) is 0. The SMILES string of the molecule is COc1cc2ccnc(NCC3CC3)c2cc1OC. The maximum absolute atomic E-state index is 5.36. The predicted molar refractivity (Wildman–Crippen MR) is 76.1 cm³/mol. The summed E-state index contributed by atoms with van der Waals surface area (Å²) in [7, 11) is 3.30. The van der Waals surface area contributed by atoms with Crippen LogP contribution in [0.3, 0.4) is 0 Å². The molecule has 0 aliphatic heterocycles. The van der Waals surface area contributed by atoms with Crippen LogP contribution in [0.4, 0.5) is 5.82 Å². The van der Waals surface area contributed by atoms with Crippen LogP contribution in [-0.2, 0) is 0 Å². The van der Waals surface area contributed by atoms with E-state index in [1.165, 1.54) is 12.8 Å². The van der Waals surface area contributed by atoms with Gasteiger partial charge in [-0.15, -0.1) is 0 Å². The smallest absolute Gasteiger partial charge is 0.161 e. The van der Waals surface area contributed by atoms with Gasteiger partial charge in [-0.1, -0.05) is 0 Å². The van der Waals surface area contributed by atoms with Crippen LogP contribution >= 0.6 is 0 Å². The van der Waals surface area contributed by atoms with Crippen LogP contribution in [0.1, 0.15) is 12.8 Å². The van der Waals surface area contributed by atoms with Gasteiger partial charge in [0.25, 0.3) is 0 Å². The lowest BCUT2D eigenvalue weighted by Crippen LogP contribution is -2.05. The second-order valence-corrected chi connectivity index (χ2v) is 4.91. The monoisotopic (exact) mass is 258 g/mol. The van der Waals surface area contributed by atoms with E-state index in [1.54, 1.807) is 14.2 Å². The Balaban J connectivity index is 2.01. The average molecular weight is 258 g/mol. The van der Waals surface area contributed by atoms with E-state index in [0.717, 1.165) is 40.6 Å². The Bertz CT molecular complexity index is 594. The lowest BCUT2D eigenvalue weighted by atomic mass is 10.1. The summed E-state index contributed by atoms with van der Waals surface area (Å²) in [6.45, 7) is 1.00. The molecule has 1 aliphatic carbocycles. The molecule has 0 atom stereocenters. The first-order valence-electron chi connectivity index (χ1n) is 6.56. The van der Waals surface area contributed by atoms with Gasteiger partial charge in [-0.3, -0.25) is 0 Å². The molecule has 0 unspecified atom stereocenters. The number of methoxy groups -OCH3 is 2. The second-order valence-electron chi connectivity index (χ2n) is 4.91. The number of hydrogen-bond donors (Lipinski definition) is 1. The molecule has 0 radical (unpaired) electrons. The highest BCUT2D eigenvalue weighted by Gasteiger charge is 2.21. The van der Waals surface area contributed by atoms with Crippen LogP contribution < -0.4 is 14.8 Å². The number of nitrogens with zero attached hydrogens (tertiary/aromatic N) is 1. The maximum Gasteiger partial charge on any atom is 0.161 e. The van der Waals surface area contributed by atoms with Crippen molar-refractivity contribution in [3.8, 4) is 11.5 Å². The molecule has 4 heteroatoms. The van der Waals surface area contributed by atoms with E-state index in [2.05, 4.69) is 10.3 Å². The number of benzene rings is 1. The van der Waals surface area contributed by atoms with Gasteiger partial charge in [0.2, 0.25) is 0 Å². The molecule has 0 spiro atoms. The lowest BCUT2D eigenvalue weighted by molar-refractivity contribution is 0.356. The van der Waals surface area contributed by atoms with Gasteiger partial charge in [-0.05, 0) is 42.3 Å². The molecular formula is C15H18N2O2. The minimum absolute atomic E-state index is 0.734. The minimum Gasteiger partial charge on any atom is -0.493 e. The van der Waals surface area contributed by atoms with E-state index in [-0.39, 0.29) is 0 Å². The molecule has 1 fully saturated rings. The number of fused-ring (bicyclic) bond motifs is 1. The normalized spacial score (nSPS) is 14.4. The molecule has 1 aromatic heterocycles. The van der Waals surface area contributed by atoms with Crippen molar-refractivity contribution in [2.24, 2.45) is 5.92 Å². The molecule has 0 saturated heterocycles. The van der Waals surface area contributed by atoms with E-state index in [1.807, 2.05) is 24.4 Å². The molecule has 100 valence electrons. The summed E-state index contributed by atoms with van der Waals surface area (Å²) >= 11 is 0. The van der Waals surface area contributed by atoms with Gasteiger partial charge in [0.15, 0.2) is 11.5 Å². The predicted octanol–water partition coefficient (Wildman–Crippen LogP) is 3.07. The van der Waals surface area contributed by atoms with Crippen molar-refractivity contribution in [2.45, 2.75) is 12.8 Å². The molecular weight excluding hydrogens is 240 g/mol. The number of rotatable bonds is 5. The Morgan fingerprint density at radius 2 is 1.95 bits per heavy atom. The Labute approximate surface area is 112 Å². The lowest BCUT2D eigenvalue weighted by Gasteiger charge is -2.12. The van der Waals surface area contributed by atoms with Crippen molar-refractivity contribution in [1.82, 2.24) is 4.98 Å². The number of ether oxygens (including phenoxy) is 2. The van der Waals surface area contributed by atoms with Gasteiger partial charge in [-0.25, -0.2) is 4.98 Å². The summed E-state index contributed by atoms with van der Waals surface area (Å²) in [6.07, 6.45) is 4.48. The van der Waals surface area contributed by atoms with E-state index in [0.29, 0.717) is 0 Å². The molecule has 19 heavy (non-hydrogen) atoms. The van der Waals surface area contributed by atoms with Gasteiger partial charge >= 0.3 is 0 Å². The average Bonchev–Trinajstić information content (AvgIpc) is 3.27. The van der Waals surface area contributed by atoms with E-state index in [9.17, 15) is 0 Å². The molecule has 1 N–H and O–H groups in total. The van der Waals surface area contributed by atoms with Crippen molar-refractivity contribution >= 4 is 16.6 Å². The minimum atomic E-state index is 0.734. The summed E-state index contributed by atoms with van der Waals surface area (Å²) in [5.74, 6) is 3.22. The third kappa shape index (κ3) is 2.43. The first kappa shape index (κ1) is 12.1. The van der Waals surface area contributed by atoms with Crippen LogP contribution in [0.5, 0.6) is 11.5 Å². The zero-order valence-electron chi connectivity index (χ0n) is 11.3. The van der Waals surface area contributed by atoms with Crippen molar-refractivity contribution in [2.75, 3.05) is 26.1 Å². The van der Waals surface area contributed by atoms with Crippen molar-refractivity contribution in [1.29, 1.82) is 0 Å². The van der Waals surface area contributed by atoms with Crippen LogP contribution in [0.25, 0.3) is 10.8 Å². The van der Waals surface area contributed by atoms with Crippen molar-refractivity contribution in [3.05, 3.63) is 24.4 Å². The molecule has 1 saturated carbocycles. The van der Waals surface area contributed by atoms with Crippen LogP contribution in [0, 0.1) is 5.92 Å². The summed E-state index contributed by atoms with van der Waals surface area (Å²) in [5, 5.41) is 5.60. The number of hydrogen-bond acceptors (Lipinski definition) is 4. The Morgan fingerprint density at radius 1 is 1.21 bits per heavy atom. The fourth-order valence-electron chi connectivity index (χ4n) is 2.20. The Morgan fingerprint density at radius 3 is 2.63 bits per heavy atom. The zero-order chi connectivity index (χ0) is 13.2. The highest BCUT2D eigenvalue weighted by Crippen LogP contribution is 2.35. The fourth-order valence-corrected chi connectivity index (χ4v) is 2.20. The molecule has 3 rings (SSSR count). The Kier molecular flexibility index (Phi) is 3.15. The summed E-state index contributed by atoms with van der Waals surface area (Å²) in [6, 6.07) is 5.95. The van der Waals surface area contributed by atoms with Gasteiger partial charge < -0.3 is 14.8 Å². The molecule has 1 heterocycles. The van der Waals surface area contributed by atoms with Gasteiger partial charge in [0, 0.05) is 18.1 Å². The molecule has 4 nitrogen and oxygen atoms in total. The van der Waals surface area contributed by atoms with Crippen LogP contribution in [-0.4, -0.2) is 25.7 Å². The second kappa shape index (κ2) is 4.96. The molecule has 2 aromatic rings. The Hall–Kier alpha value is -1.97. The fraction of sp³-hybridized carbons (Fsp3) is 0.400. The zero-order valence-corrected chi connectivity index (χ0v) is 11.3. The third-order valence-corrected chi connectivity index (χ3v) is 3.52. The van der Waals surface area contributed by atoms with Crippen molar-refractivity contribution in [3.63, 3.8) is 0 Å². The third-order valence-electron chi connectivity index (χ3n) is 3.52. The maximum atomic E-state index is 5.36. The highest BCUT2D eigenvalue weighted by atomic mass is 16.5. The quantitative estimate of drug-likeness (QED) is 0.895. The molecule has 1 aromatic carbocycles. The number of pyridine rings is 1. The number of anilines is 1. The van der Waals surface area contributed by atoms with E-state index >= 15 is 0 Å². The largest absolute Gasteiger partial charge is 0.493 e. The molecule has 0 amide bonds. The van der Waals surface area contributed by atoms with Gasteiger partial charge in [0.1, 0.15) is 5.82 Å². The first-order chi connectivity index (χ1) is 9.31. The highest BCUT2D eigenvalue weighted by molar-refractivity contribution is 5.94. The van der Waals surface area contributed by atoms with Crippen LogP contribution in [0.15, 0.2) is 24.4 Å². The van der Waals surface area contributed by atoms with Gasteiger partial charge in [0.05, 0.1) is 14.2 Å². The number of nitrogens with one attached hydrogen (secondary N) is 1. The molecule has 0 bridgehead atoms. The van der Waals surface area contributed by atoms with E-state index in [4.69, 9.17) is 9.47 Å². The van der Waals surface area contributed by atoms with Crippen molar-refractivity contribution < 1.29 is 9.47 Å². The van der Waals surface area contributed by atoms with E-state index < -0.39 is 0 Å². The summed E-state index contributed by atoms with van der Waals surface area (Å²) in [4.78, 5) is 4.43.